The molecule has 1 rings (SSSR count). The van der Waals surface area contributed by atoms with Gasteiger partial charge in [-0.15, -0.1) is 0 Å². The first-order chi connectivity index (χ1) is 8.25. The van der Waals surface area contributed by atoms with Crippen LogP contribution < -0.4 is 5.32 Å². The fourth-order valence-corrected chi connectivity index (χ4v) is 1.24. The second-order valence-electron chi connectivity index (χ2n) is 4.72. The maximum absolute atomic E-state index is 11.9. The Labute approximate surface area is 106 Å². The van der Waals surface area contributed by atoms with Crippen molar-refractivity contribution in [3.05, 3.63) is 29.8 Å². The molecule has 0 radical (unpaired) electrons. The van der Waals surface area contributed by atoms with Crippen LogP contribution in [-0.2, 0) is 4.79 Å². The highest BCUT2D eigenvalue weighted by Gasteiger charge is 2.35. The molecule has 2 N–H and O–H groups in total. The topological polar surface area (TPSA) is 69.6 Å². The zero-order chi connectivity index (χ0) is 13.9. The van der Waals surface area contributed by atoms with Gasteiger partial charge in [0.2, 0.25) is 0 Å². The van der Waals surface area contributed by atoms with Crippen molar-refractivity contribution in [1.29, 1.82) is 0 Å². The highest BCUT2D eigenvalue weighted by molar-refractivity contribution is 5.93. The van der Waals surface area contributed by atoms with E-state index in [0.717, 1.165) is 10.5 Å². The van der Waals surface area contributed by atoms with Crippen LogP contribution in [0.4, 0.5) is 10.5 Å². The molecule has 2 amide bonds. The number of hydrogen-bond acceptors (Lipinski definition) is 2. The summed E-state index contributed by atoms with van der Waals surface area (Å²) in [5.41, 5.74) is 0.472. The number of amides is 2. The van der Waals surface area contributed by atoms with Gasteiger partial charge in [0, 0.05) is 12.7 Å². The van der Waals surface area contributed by atoms with Crippen molar-refractivity contribution in [2.75, 3.05) is 12.4 Å². The lowest BCUT2D eigenvalue weighted by atomic mass is 10.1. The number of rotatable bonds is 3. The second-order valence-corrected chi connectivity index (χ2v) is 4.72. The minimum atomic E-state index is -1.26. The first-order valence-corrected chi connectivity index (χ1v) is 5.60. The molecule has 0 bridgehead atoms. The average molecular weight is 250 g/mol. The number of hydrogen-bond donors (Lipinski definition) is 2. The molecule has 0 aromatic heterocycles. The summed E-state index contributed by atoms with van der Waals surface area (Å²) in [7, 11) is 1.46. The third-order valence-electron chi connectivity index (χ3n) is 2.97. The Morgan fingerprint density at radius 1 is 1.22 bits per heavy atom. The molecule has 0 aliphatic heterocycles. The summed E-state index contributed by atoms with van der Waals surface area (Å²) in [6.45, 7) is 4.90. The van der Waals surface area contributed by atoms with Crippen molar-refractivity contribution < 1.29 is 14.7 Å². The van der Waals surface area contributed by atoms with Gasteiger partial charge in [0.05, 0.1) is 0 Å². The van der Waals surface area contributed by atoms with E-state index < -0.39 is 17.5 Å². The number of benzene rings is 1. The Hall–Kier alpha value is -2.04. The van der Waals surface area contributed by atoms with Gasteiger partial charge in [-0.25, -0.2) is 9.59 Å². The van der Waals surface area contributed by atoms with Gasteiger partial charge >= 0.3 is 12.0 Å². The molecule has 0 atom stereocenters. The maximum atomic E-state index is 11.9. The van der Waals surface area contributed by atoms with Crippen LogP contribution in [0.1, 0.15) is 19.4 Å². The highest BCUT2D eigenvalue weighted by Crippen LogP contribution is 2.15. The minimum Gasteiger partial charge on any atom is -0.480 e. The van der Waals surface area contributed by atoms with Gasteiger partial charge in [0.1, 0.15) is 5.54 Å². The Kier molecular flexibility index (Phi) is 3.96. The molecule has 0 saturated heterocycles. The Morgan fingerprint density at radius 2 is 1.72 bits per heavy atom. The third-order valence-corrected chi connectivity index (χ3v) is 2.97. The number of carbonyl (C=O) groups is 2. The number of urea groups is 1. The molecule has 0 spiro atoms. The summed E-state index contributed by atoms with van der Waals surface area (Å²) in [6, 6.07) is 6.84. The molecule has 0 unspecified atom stereocenters. The first kappa shape index (κ1) is 14.0. The van der Waals surface area contributed by atoms with Crippen molar-refractivity contribution in [3.63, 3.8) is 0 Å². The minimum absolute atomic E-state index is 0.453. The van der Waals surface area contributed by atoms with E-state index in [4.69, 9.17) is 5.11 Å². The lowest BCUT2D eigenvalue weighted by molar-refractivity contribution is -0.146. The van der Waals surface area contributed by atoms with Crippen LogP contribution in [0.15, 0.2) is 24.3 Å². The monoisotopic (exact) mass is 250 g/mol. The standard InChI is InChI=1S/C13H18N2O3/c1-9-5-7-10(8-6-9)14-12(18)15(4)13(2,3)11(16)17/h5-8H,1-4H3,(H,14,18)(H,16,17). The molecule has 1 aromatic rings. The lowest BCUT2D eigenvalue weighted by Gasteiger charge is -2.31. The number of aliphatic carboxylic acids is 1. The molecule has 1 aromatic carbocycles. The first-order valence-electron chi connectivity index (χ1n) is 5.60. The van der Waals surface area contributed by atoms with Gasteiger partial charge in [0.15, 0.2) is 0 Å². The predicted octanol–water partition coefficient (Wildman–Crippen LogP) is 2.32. The molecule has 0 aliphatic rings. The fourth-order valence-electron chi connectivity index (χ4n) is 1.24. The van der Waals surface area contributed by atoms with E-state index in [1.807, 2.05) is 19.1 Å². The zero-order valence-electron chi connectivity index (χ0n) is 11.0. The Morgan fingerprint density at radius 3 is 2.17 bits per heavy atom. The van der Waals surface area contributed by atoms with E-state index in [1.54, 1.807) is 12.1 Å². The van der Waals surface area contributed by atoms with Crippen LogP contribution in [0.2, 0.25) is 0 Å². The number of nitrogens with one attached hydrogen (secondary N) is 1. The number of nitrogens with zero attached hydrogens (tertiary/aromatic N) is 1. The summed E-state index contributed by atoms with van der Waals surface area (Å²) in [6.07, 6.45) is 0. The summed E-state index contributed by atoms with van der Waals surface area (Å²) in [5, 5.41) is 11.7. The summed E-state index contributed by atoms with van der Waals surface area (Å²) in [4.78, 5) is 24.1. The van der Waals surface area contributed by atoms with Gasteiger partial charge in [-0.3, -0.25) is 0 Å². The molecular weight excluding hydrogens is 232 g/mol. The summed E-state index contributed by atoms with van der Waals surface area (Å²) in [5.74, 6) is -1.05. The zero-order valence-corrected chi connectivity index (χ0v) is 11.0. The Bertz CT molecular complexity index is 452. The number of carboxylic acids is 1. The largest absolute Gasteiger partial charge is 0.480 e. The number of carbonyl (C=O) groups excluding carboxylic acids is 1. The molecule has 5 heteroatoms. The van der Waals surface area contributed by atoms with E-state index in [9.17, 15) is 9.59 Å². The van der Waals surface area contributed by atoms with Crippen molar-refractivity contribution in [1.82, 2.24) is 4.90 Å². The average Bonchev–Trinajstić information content (AvgIpc) is 2.30. The molecule has 18 heavy (non-hydrogen) atoms. The lowest BCUT2D eigenvalue weighted by Crippen LogP contribution is -2.52. The fraction of sp³-hybridized carbons (Fsp3) is 0.385. The summed E-state index contributed by atoms with van der Waals surface area (Å²) < 4.78 is 0. The SMILES string of the molecule is Cc1ccc(NC(=O)N(C)C(C)(C)C(=O)O)cc1. The highest BCUT2D eigenvalue weighted by atomic mass is 16.4. The molecule has 0 aliphatic carbocycles. The van der Waals surface area contributed by atoms with Crippen LogP contribution >= 0.6 is 0 Å². The number of anilines is 1. The van der Waals surface area contributed by atoms with Crippen LogP contribution in [0, 0.1) is 6.92 Å². The van der Waals surface area contributed by atoms with Crippen molar-refractivity contribution in [2.24, 2.45) is 0 Å². The van der Waals surface area contributed by atoms with Gasteiger partial charge < -0.3 is 15.3 Å². The molecule has 98 valence electrons. The molecule has 0 fully saturated rings. The van der Waals surface area contributed by atoms with Crippen molar-refractivity contribution >= 4 is 17.7 Å². The van der Waals surface area contributed by atoms with E-state index in [1.165, 1.54) is 20.9 Å². The van der Waals surface area contributed by atoms with Crippen LogP contribution in [0.3, 0.4) is 0 Å². The van der Waals surface area contributed by atoms with Crippen LogP contribution in [0.5, 0.6) is 0 Å². The third kappa shape index (κ3) is 3.00. The molecule has 5 nitrogen and oxygen atoms in total. The second kappa shape index (κ2) is 5.08. The van der Waals surface area contributed by atoms with Gasteiger partial charge in [-0.2, -0.15) is 0 Å². The number of aryl methyl sites for hydroxylation is 1. The normalized spacial score (nSPS) is 10.9. The number of likely N-dealkylation sites (N-methyl/N-ethyl adjacent to an activating group) is 1. The van der Waals surface area contributed by atoms with E-state index in [0.29, 0.717) is 5.69 Å². The Balaban J connectivity index is 2.77. The van der Waals surface area contributed by atoms with Gasteiger partial charge in [-0.05, 0) is 32.9 Å². The molecule has 0 saturated carbocycles. The number of carboxylic acid groups (broad SMARTS) is 1. The predicted molar refractivity (Wildman–Crippen MR) is 69.7 cm³/mol. The van der Waals surface area contributed by atoms with Crippen molar-refractivity contribution in [3.8, 4) is 0 Å². The van der Waals surface area contributed by atoms with Gasteiger partial charge in [-0.1, -0.05) is 17.7 Å². The quantitative estimate of drug-likeness (QED) is 0.865. The maximum Gasteiger partial charge on any atom is 0.329 e. The van der Waals surface area contributed by atoms with Crippen LogP contribution in [0.25, 0.3) is 0 Å². The van der Waals surface area contributed by atoms with Gasteiger partial charge in [0.25, 0.3) is 0 Å². The van der Waals surface area contributed by atoms with E-state index in [-0.39, 0.29) is 0 Å². The van der Waals surface area contributed by atoms with Crippen LogP contribution in [-0.4, -0.2) is 34.6 Å². The smallest absolute Gasteiger partial charge is 0.329 e. The summed E-state index contributed by atoms with van der Waals surface area (Å²) >= 11 is 0. The molecule has 0 heterocycles. The van der Waals surface area contributed by atoms with E-state index in [2.05, 4.69) is 5.32 Å². The molecular formula is C13H18N2O3. The van der Waals surface area contributed by atoms with Crippen molar-refractivity contribution in [2.45, 2.75) is 26.3 Å². The van der Waals surface area contributed by atoms with E-state index >= 15 is 0 Å².